The Morgan fingerprint density at radius 2 is 0.641 bits per heavy atom. The zero-order valence-electron chi connectivity index (χ0n) is 54.9. The molecule has 0 heterocycles. The fourth-order valence-electron chi connectivity index (χ4n) is 18.1. The molecule has 12 fully saturated rings. The van der Waals surface area contributed by atoms with Gasteiger partial charge in [-0.2, -0.15) is 8.42 Å². The van der Waals surface area contributed by atoms with Crippen LogP contribution in [-0.4, -0.2) is 48.0 Å². The molecule has 0 atom stereocenters. The van der Waals surface area contributed by atoms with Crippen LogP contribution in [0, 0.1) is 53.3 Å². The normalized spacial score (nSPS) is 28.9. The van der Waals surface area contributed by atoms with Crippen LogP contribution in [0.1, 0.15) is 168 Å². The van der Waals surface area contributed by atoms with Gasteiger partial charge in [0.05, 0.1) is 21.8 Å². The van der Waals surface area contributed by atoms with Gasteiger partial charge in [-0.1, -0.05) is 139 Å². The first-order valence-electron chi connectivity index (χ1n) is 32.6. The molecule has 496 valence electrons. The van der Waals surface area contributed by atoms with Crippen molar-refractivity contribution in [2.45, 2.75) is 214 Å². The van der Waals surface area contributed by atoms with E-state index in [0.717, 1.165) is 54.8 Å². The molecule has 92 heavy (non-hydrogen) atoms. The fraction of sp³-hybridized carbons (Fsp3) is 0.514. The molecule has 18 heteroatoms. The second kappa shape index (κ2) is 32.6. The number of halogens is 3. The van der Waals surface area contributed by atoms with Crippen molar-refractivity contribution in [3.8, 4) is 0 Å². The van der Waals surface area contributed by atoms with Gasteiger partial charge in [0.25, 0.3) is 0 Å². The van der Waals surface area contributed by atoms with Gasteiger partial charge in [-0.05, 0) is 275 Å². The van der Waals surface area contributed by atoms with E-state index in [-0.39, 0.29) is 90.2 Å². The second-order valence-electron chi connectivity index (χ2n) is 30.2. The Balaban J connectivity index is 0.000000163. The standard InChI is InChI=1S/2C22H23S.C10H16ClN.C10H17NO3S.C10H17N.BrH.ClHO3S.Na.H2O/c2*1-22(2,3)18-14-16-21(17-15-18)23(19-10-6-4-7-11-19)20-12-8-5-9-13-20;11-12-10-4-7-1-8(5-10)3-9(2-7)6-10;12-15(13,14)11-10-4-7-1-8(5-10)3-9(2-7)6-10;11-10-4-7-1-8(5-10)3-9(2-7)6-10;;1-5(2,3)4;;/h2*4-17H,1-3H3;7-9,12H,1-6H2;7-9,11H,1-6H2,(H,12,13,14);7-9H,1-6,11H2;1H;(H,2,3,4);;1H2/q2*+1;;;;;;+1;/p-3. The molecule has 0 radical (unpaired) electrons. The van der Waals surface area contributed by atoms with E-state index in [1.165, 1.54) is 137 Å². The largest absolute Gasteiger partial charge is 1.00 e. The number of rotatable bonds is 9. The van der Waals surface area contributed by atoms with Gasteiger partial charge in [-0.25, -0.2) is 18.0 Å². The molecule has 18 rings (SSSR count). The first-order valence-corrected chi connectivity index (χ1v) is 39.1. The summed E-state index contributed by atoms with van der Waals surface area (Å²) in [4.78, 5) is 11.3. The number of nitrogens with two attached hydrogens (primary N) is 1. The van der Waals surface area contributed by atoms with Crippen molar-refractivity contribution in [3.05, 3.63) is 181 Å². The molecular weight excluding hydrogens is 1340 g/mol. The molecule has 0 spiro atoms. The van der Waals surface area contributed by atoms with E-state index in [1.807, 2.05) is 0 Å². The minimum atomic E-state index is -4.29. The van der Waals surface area contributed by atoms with Crippen LogP contribution >= 0.6 is 22.5 Å². The molecule has 12 aliphatic rings. The van der Waals surface area contributed by atoms with E-state index < -0.39 is 19.6 Å². The molecule has 6 N–H and O–H groups in total. The quantitative estimate of drug-likeness (QED) is 0.0359. The van der Waals surface area contributed by atoms with Gasteiger partial charge >= 0.3 is 38.9 Å². The minimum absolute atomic E-state index is 0. The maximum absolute atomic E-state index is 10.8. The van der Waals surface area contributed by atoms with E-state index in [0.29, 0.717) is 28.8 Å². The van der Waals surface area contributed by atoms with Crippen LogP contribution < -0.4 is 61.8 Å². The molecule has 6 aromatic rings. The zero-order valence-corrected chi connectivity index (χ0v) is 63.2. The van der Waals surface area contributed by atoms with Crippen molar-refractivity contribution >= 4 is 63.9 Å². The van der Waals surface area contributed by atoms with Crippen molar-refractivity contribution in [1.82, 2.24) is 9.56 Å². The molecule has 12 aliphatic carbocycles. The van der Waals surface area contributed by atoms with Crippen molar-refractivity contribution in [3.63, 3.8) is 0 Å². The maximum atomic E-state index is 10.8. The van der Waals surface area contributed by atoms with E-state index in [1.54, 1.807) is 0 Å². The Hall–Kier alpha value is -2.26. The predicted octanol–water partition coefficient (Wildman–Crippen LogP) is 11.6. The van der Waals surface area contributed by atoms with Crippen LogP contribution in [0.4, 0.5) is 0 Å². The Morgan fingerprint density at radius 1 is 0.435 bits per heavy atom. The van der Waals surface area contributed by atoms with Crippen LogP contribution in [0.15, 0.2) is 199 Å². The van der Waals surface area contributed by atoms with Crippen molar-refractivity contribution in [2.24, 2.45) is 59.0 Å². The first kappa shape index (κ1) is 77.1. The van der Waals surface area contributed by atoms with Gasteiger partial charge in [0.15, 0.2) is 39.7 Å². The first-order chi connectivity index (χ1) is 42.1. The summed E-state index contributed by atoms with van der Waals surface area (Å²) in [5.74, 6) is 8.04. The predicted molar refractivity (Wildman–Crippen MR) is 368 cm³/mol. The smallest absolute Gasteiger partial charge is 1.00 e. The Kier molecular flexibility index (Phi) is 27.3. The Bertz CT molecular complexity index is 3150. The second-order valence-corrected chi connectivity index (χ2v) is 37.5. The van der Waals surface area contributed by atoms with E-state index in [4.69, 9.17) is 30.5 Å². The van der Waals surface area contributed by atoms with Gasteiger partial charge in [0.1, 0.15) is 0 Å². The molecule has 0 unspecified atom stereocenters. The molecule has 6 aromatic carbocycles. The topological polar surface area (TPSA) is 192 Å². The molecular formula is C74H97BrCl2N3NaO7S4. The van der Waals surface area contributed by atoms with Gasteiger partial charge in [-0.3, -0.25) is 4.55 Å². The minimum Gasteiger partial charge on any atom is -1.00 e. The Morgan fingerprint density at radius 3 is 0.837 bits per heavy atom. The summed E-state index contributed by atoms with van der Waals surface area (Å²) < 4.78 is 60.1. The molecule has 0 saturated heterocycles. The van der Waals surface area contributed by atoms with Crippen molar-refractivity contribution in [1.29, 1.82) is 0 Å². The summed E-state index contributed by atoms with van der Waals surface area (Å²) in [5.41, 5.74) is 9.76. The van der Waals surface area contributed by atoms with E-state index >= 15 is 0 Å². The van der Waals surface area contributed by atoms with Gasteiger partial charge in [0, 0.05) is 27.3 Å². The Labute approximate surface area is 599 Å². The van der Waals surface area contributed by atoms with E-state index in [9.17, 15) is 13.0 Å². The molecule has 12 bridgehead atoms. The number of hydrogen-bond acceptors (Lipinski definition) is 8. The van der Waals surface area contributed by atoms with Crippen LogP contribution in [0.5, 0.6) is 0 Å². The van der Waals surface area contributed by atoms with Gasteiger partial charge in [-0.15, -0.1) is 0 Å². The van der Waals surface area contributed by atoms with E-state index in [2.05, 4.69) is 232 Å². The summed E-state index contributed by atoms with van der Waals surface area (Å²) in [6.45, 7) is 13.6. The van der Waals surface area contributed by atoms with Crippen LogP contribution in [0.25, 0.3) is 0 Å². The molecule has 12 saturated carbocycles. The summed E-state index contributed by atoms with van der Waals surface area (Å²) >= 11 is 5.87. The average molecular weight is 1440 g/mol. The third kappa shape index (κ3) is 21.4. The number of hydrogen-bond donors (Lipinski definition) is 4. The van der Waals surface area contributed by atoms with Crippen molar-refractivity contribution in [2.75, 3.05) is 0 Å². The number of nitrogens with one attached hydrogen (secondary N) is 2. The maximum Gasteiger partial charge on any atom is 1.00 e. The molecule has 0 aliphatic heterocycles. The molecule has 0 amide bonds. The summed E-state index contributed by atoms with van der Waals surface area (Å²) in [5, 5.41) is 0. The SMILES string of the molecule is CC(C)(C)c1ccc([S+](c2ccccc2)c2ccccc2)cc1.CC(C)(C)c1ccc([S+](c2ccccc2)c2ccccc2)cc1.ClNC12CC3CC(CC(C3)C1)C2.NC12CC3CC(CC(C3)C1)C2.O=S(=O)(O)Cl.O=S(=O)([O-])NC12CC3CC(CC(C3)C1)C2.[Br-].[Na+].[OH-]. The fourth-order valence-corrected chi connectivity index (χ4v) is 23.3. The monoisotopic (exact) mass is 1440 g/mol. The third-order valence-corrected chi connectivity index (χ3v) is 26.1. The van der Waals surface area contributed by atoms with Gasteiger partial charge in [0.2, 0.25) is 0 Å². The third-order valence-electron chi connectivity index (χ3n) is 20.5. The van der Waals surface area contributed by atoms with Gasteiger partial charge < -0.3 is 32.7 Å². The van der Waals surface area contributed by atoms with Crippen molar-refractivity contribution < 1.29 is 78.0 Å². The summed E-state index contributed by atoms with van der Waals surface area (Å²) in [6.07, 6.45) is 23.5. The zero-order chi connectivity index (χ0) is 63.4. The van der Waals surface area contributed by atoms with Crippen LogP contribution in [0.2, 0.25) is 0 Å². The molecule has 0 aromatic heterocycles. The molecule has 10 nitrogen and oxygen atoms in total. The average Bonchev–Trinajstić information content (AvgIpc) is 0.776. The van der Waals surface area contributed by atoms with Crippen LogP contribution in [-0.2, 0) is 52.3 Å². The summed E-state index contributed by atoms with van der Waals surface area (Å²) in [6, 6.07) is 61.5. The summed E-state index contributed by atoms with van der Waals surface area (Å²) in [7, 11) is -4.52. The van der Waals surface area contributed by atoms with Crippen LogP contribution in [0.3, 0.4) is 0 Å². The number of benzene rings is 6.